The highest BCUT2D eigenvalue weighted by atomic mass is 35.5. The number of hydrogen-bond acceptors (Lipinski definition) is 2. The molecule has 0 saturated heterocycles. The number of carbonyl (C=O) groups is 1. The number of aryl methyl sites for hydroxylation is 2. The average molecular weight is 358 g/mol. The van der Waals surface area contributed by atoms with Crippen molar-refractivity contribution in [2.75, 3.05) is 0 Å². The second-order valence-electron chi connectivity index (χ2n) is 7.53. The van der Waals surface area contributed by atoms with Gasteiger partial charge in [-0.1, -0.05) is 48.7 Å². The quantitative estimate of drug-likeness (QED) is 0.886. The summed E-state index contributed by atoms with van der Waals surface area (Å²) in [6, 6.07) is 6.69. The van der Waals surface area contributed by atoms with E-state index in [9.17, 15) is 4.79 Å². The molecule has 1 amide bonds. The molecule has 4 rings (SSSR count). The molecule has 0 spiro atoms. The van der Waals surface area contributed by atoms with Gasteiger partial charge in [-0.05, 0) is 49.1 Å². The summed E-state index contributed by atoms with van der Waals surface area (Å²) in [6.07, 6.45) is 5.95. The topological polar surface area (TPSA) is 46.9 Å². The summed E-state index contributed by atoms with van der Waals surface area (Å²) in [4.78, 5) is 13.0. The molecule has 132 valence electrons. The molecule has 3 atom stereocenters. The summed E-state index contributed by atoms with van der Waals surface area (Å²) >= 11 is 6.25. The number of rotatable bonds is 4. The van der Waals surface area contributed by atoms with Gasteiger partial charge in [0.2, 0.25) is 0 Å². The zero-order chi connectivity index (χ0) is 17.8. The van der Waals surface area contributed by atoms with Crippen LogP contribution in [-0.4, -0.2) is 15.7 Å². The first-order valence-electron chi connectivity index (χ1n) is 9.09. The fraction of sp³-hybridized carbons (Fsp3) is 0.500. The van der Waals surface area contributed by atoms with Crippen LogP contribution in [0.15, 0.2) is 24.4 Å². The molecular formula is C20H24ClN3O. The van der Waals surface area contributed by atoms with Gasteiger partial charge in [-0.25, -0.2) is 0 Å². The Morgan fingerprint density at radius 2 is 2.28 bits per heavy atom. The monoisotopic (exact) mass is 357 g/mol. The fourth-order valence-electron chi connectivity index (χ4n) is 5.04. The van der Waals surface area contributed by atoms with E-state index in [1.165, 1.54) is 21.4 Å². The van der Waals surface area contributed by atoms with Crippen LogP contribution in [0.4, 0.5) is 0 Å². The van der Waals surface area contributed by atoms with E-state index in [1.807, 2.05) is 0 Å². The van der Waals surface area contributed by atoms with E-state index in [4.69, 9.17) is 11.6 Å². The average Bonchev–Trinajstić information content (AvgIpc) is 3.17. The van der Waals surface area contributed by atoms with Crippen molar-refractivity contribution in [1.29, 1.82) is 0 Å². The fourth-order valence-corrected chi connectivity index (χ4v) is 5.22. The summed E-state index contributed by atoms with van der Waals surface area (Å²) in [5.74, 6) is 0.904. The number of carbonyl (C=O) groups excluding carboxylic acids is 1. The molecule has 0 radical (unpaired) electrons. The molecule has 1 aromatic heterocycles. The van der Waals surface area contributed by atoms with E-state index in [0.29, 0.717) is 22.6 Å². The summed E-state index contributed by atoms with van der Waals surface area (Å²) < 4.78 is 1.53. The highest BCUT2D eigenvalue weighted by molar-refractivity contribution is 6.32. The first-order chi connectivity index (χ1) is 12.0. The first kappa shape index (κ1) is 16.6. The molecule has 1 aromatic carbocycles. The molecule has 2 aliphatic rings. The number of amides is 1. The Balaban J connectivity index is 1.75. The lowest BCUT2D eigenvalue weighted by Crippen LogP contribution is -2.47. The maximum absolute atomic E-state index is 13.0. The Hall–Kier alpha value is -1.81. The minimum absolute atomic E-state index is 0.117. The van der Waals surface area contributed by atoms with E-state index < -0.39 is 0 Å². The van der Waals surface area contributed by atoms with Crippen LogP contribution in [0.25, 0.3) is 0 Å². The number of hydrogen-bond donors (Lipinski definition) is 1. The van der Waals surface area contributed by atoms with Gasteiger partial charge in [0.25, 0.3) is 5.91 Å². The molecule has 25 heavy (non-hydrogen) atoms. The first-order valence-corrected chi connectivity index (χ1v) is 9.46. The van der Waals surface area contributed by atoms with E-state index in [-0.39, 0.29) is 11.4 Å². The SMILES string of the molecule is CCCC1C2CCC1(NC(=O)c1cnn(C)c1Cl)c1ccc(C)cc12. The number of aromatic nitrogens is 2. The summed E-state index contributed by atoms with van der Waals surface area (Å²) in [5, 5.41) is 7.88. The Bertz CT molecular complexity index is 843. The van der Waals surface area contributed by atoms with Gasteiger partial charge in [0.15, 0.2) is 0 Å². The van der Waals surface area contributed by atoms with Crippen molar-refractivity contribution >= 4 is 17.5 Å². The van der Waals surface area contributed by atoms with E-state index in [2.05, 4.69) is 42.5 Å². The summed E-state index contributed by atoms with van der Waals surface area (Å²) in [5.41, 5.74) is 4.22. The van der Waals surface area contributed by atoms with Crippen molar-refractivity contribution in [1.82, 2.24) is 15.1 Å². The van der Waals surface area contributed by atoms with Gasteiger partial charge in [0, 0.05) is 7.05 Å². The highest BCUT2D eigenvalue weighted by Crippen LogP contribution is 2.61. The zero-order valence-corrected chi connectivity index (χ0v) is 15.7. The molecule has 1 saturated carbocycles. The van der Waals surface area contributed by atoms with Crippen LogP contribution >= 0.6 is 11.6 Å². The second-order valence-corrected chi connectivity index (χ2v) is 7.89. The summed E-state index contributed by atoms with van der Waals surface area (Å²) in [7, 11) is 1.75. The maximum Gasteiger partial charge on any atom is 0.256 e. The highest BCUT2D eigenvalue weighted by Gasteiger charge is 2.57. The lowest BCUT2D eigenvalue weighted by atomic mass is 9.81. The lowest BCUT2D eigenvalue weighted by Gasteiger charge is -2.34. The van der Waals surface area contributed by atoms with E-state index in [1.54, 1.807) is 13.2 Å². The molecule has 2 aliphatic carbocycles. The predicted molar refractivity (Wildman–Crippen MR) is 98.9 cm³/mol. The second kappa shape index (κ2) is 5.87. The Labute approximate surface area is 153 Å². The minimum atomic E-state index is -0.264. The summed E-state index contributed by atoms with van der Waals surface area (Å²) in [6.45, 7) is 4.36. The van der Waals surface area contributed by atoms with Crippen molar-refractivity contribution in [3.8, 4) is 0 Å². The van der Waals surface area contributed by atoms with Crippen molar-refractivity contribution < 1.29 is 4.79 Å². The maximum atomic E-state index is 13.0. The molecule has 5 heteroatoms. The van der Waals surface area contributed by atoms with Crippen molar-refractivity contribution in [2.24, 2.45) is 13.0 Å². The molecule has 3 unspecified atom stereocenters. The molecule has 2 aromatic rings. The smallest absolute Gasteiger partial charge is 0.256 e. The van der Waals surface area contributed by atoms with Gasteiger partial charge < -0.3 is 5.32 Å². The largest absolute Gasteiger partial charge is 0.342 e. The normalized spacial score (nSPS) is 26.7. The van der Waals surface area contributed by atoms with Gasteiger partial charge in [0.05, 0.1) is 17.3 Å². The molecule has 4 nitrogen and oxygen atoms in total. The zero-order valence-electron chi connectivity index (χ0n) is 15.0. The number of fused-ring (bicyclic) bond motifs is 5. The van der Waals surface area contributed by atoms with Gasteiger partial charge in [-0.15, -0.1) is 0 Å². The Kier molecular flexibility index (Phi) is 3.91. The third-order valence-electron chi connectivity index (χ3n) is 6.10. The van der Waals surface area contributed by atoms with Gasteiger partial charge in [0.1, 0.15) is 5.15 Å². The Morgan fingerprint density at radius 3 is 2.96 bits per heavy atom. The molecule has 1 heterocycles. The number of nitrogens with zero attached hydrogens (tertiary/aromatic N) is 2. The molecule has 0 aliphatic heterocycles. The van der Waals surface area contributed by atoms with Crippen molar-refractivity contribution in [3.05, 3.63) is 51.8 Å². The number of benzene rings is 1. The lowest BCUT2D eigenvalue weighted by molar-refractivity contribution is 0.0869. The van der Waals surface area contributed by atoms with Crippen LogP contribution in [0.2, 0.25) is 5.15 Å². The number of halogens is 1. The molecule has 1 fully saturated rings. The Morgan fingerprint density at radius 1 is 1.48 bits per heavy atom. The van der Waals surface area contributed by atoms with Crippen LogP contribution in [-0.2, 0) is 12.6 Å². The third-order valence-corrected chi connectivity index (χ3v) is 6.55. The minimum Gasteiger partial charge on any atom is -0.342 e. The van der Waals surface area contributed by atoms with Crippen LogP contribution < -0.4 is 5.32 Å². The van der Waals surface area contributed by atoms with Gasteiger partial charge in [-0.3, -0.25) is 9.48 Å². The standard InChI is InChI=1S/C20H24ClN3O/c1-4-5-16-13-8-9-20(16,17-7-6-12(2)10-14(13)17)23-19(25)15-11-22-24(3)18(15)21/h6-7,10-11,13,16H,4-5,8-9H2,1-3H3,(H,23,25). The van der Waals surface area contributed by atoms with Crippen LogP contribution in [0.5, 0.6) is 0 Å². The predicted octanol–water partition coefficient (Wildman–Crippen LogP) is 4.31. The van der Waals surface area contributed by atoms with Crippen molar-refractivity contribution in [2.45, 2.75) is 51.0 Å². The third kappa shape index (κ3) is 2.34. The molecule has 2 bridgehead atoms. The molecule has 1 N–H and O–H groups in total. The van der Waals surface area contributed by atoms with E-state index >= 15 is 0 Å². The van der Waals surface area contributed by atoms with Crippen molar-refractivity contribution in [3.63, 3.8) is 0 Å². The van der Waals surface area contributed by atoms with Crippen LogP contribution in [0, 0.1) is 12.8 Å². The van der Waals surface area contributed by atoms with Crippen LogP contribution in [0.3, 0.4) is 0 Å². The van der Waals surface area contributed by atoms with Gasteiger partial charge >= 0.3 is 0 Å². The van der Waals surface area contributed by atoms with Gasteiger partial charge in [-0.2, -0.15) is 5.10 Å². The van der Waals surface area contributed by atoms with Crippen LogP contribution in [0.1, 0.15) is 65.6 Å². The van der Waals surface area contributed by atoms with E-state index in [0.717, 1.165) is 25.7 Å². The molecular weight excluding hydrogens is 334 g/mol. The number of nitrogens with one attached hydrogen (secondary N) is 1.